The van der Waals surface area contributed by atoms with Gasteiger partial charge < -0.3 is 9.42 Å². The molecule has 2 saturated heterocycles. The Morgan fingerprint density at radius 3 is 3.07 bits per heavy atom. The molecule has 2 aliphatic rings. The largest absolute Gasteiger partial charge is 0.339 e. The smallest absolute Gasteiger partial charge is 0.231 e. The molecule has 3 atom stereocenters. The molecule has 4 heteroatoms. The summed E-state index contributed by atoms with van der Waals surface area (Å²) >= 11 is 0. The quantitative estimate of drug-likeness (QED) is 0.671. The summed E-state index contributed by atoms with van der Waals surface area (Å²) in [4.78, 5) is 6.84. The fourth-order valence-electron chi connectivity index (χ4n) is 2.72. The highest BCUT2D eigenvalue weighted by Gasteiger charge is 2.35. The first kappa shape index (κ1) is 8.41. The molecule has 0 N–H and O–H groups in total. The third-order valence-corrected chi connectivity index (χ3v) is 3.36. The lowest BCUT2D eigenvalue weighted by Gasteiger charge is -2.27. The zero-order chi connectivity index (χ0) is 9.54. The van der Waals surface area contributed by atoms with Crippen LogP contribution < -0.4 is 0 Å². The zero-order valence-corrected chi connectivity index (χ0v) is 8.44. The van der Waals surface area contributed by atoms with Crippen LogP contribution >= 0.6 is 0 Å². The van der Waals surface area contributed by atoms with Crippen LogP contribution in [0.1, 0.15) is 30.5 Å². The predicted molar refractivity (Wildman–Crippen MR) is 50.9 cm³/mol. The van der Waals surface area contributed by atoms with Crippen LogP contribution in [0, 0.1) is 12.8 Å². The fourth-order valence-corrected chi connectivity index (χ4v) is 2.72. The van der Waals surface area contributed by atoms with Gasteiger partial charge in [-0.25, -0.2) is 0 Å². The van der Waals surface area contributed by atoms with Crippen molar-refractivity contribution in [3.8, 4) is 0 Å². The van der Waals surface area contributed by atoms with E-state index in [1.165, 1.54) is 25.9 Å². The van der Waals surface area contributed by atoms with Gasteiger partial charge in [0.05, 0.1) is 5.92 Å². The Bertz CT molecular complexity index is 324. The van der Waals surface area contributed by atoms with Gasteiger partial charge in [0.25, 0.3) is 0 Å². The van der Waals surface area contributed by atoms with Gasteiger partial charge in [-0.15, -0.1) is 0 Å². The topological polar surface area (TPSA) is 42.2 Å². The van der Waals surface area contributed by atoms with Gasteiger partial charge in [0.1, 0.15) is 0 Å². The Morgan fingerprint density at radius 1 is 1.43 bits per heavy atom. The second-order valence-electron chi connectivity index (χ2n) is 4.53. The third kappa shape index (κ3) is 1.34. The SMILES string of the molecule is Cc1noc([C@H]2C[C@@H]3CCN(C3)C2)n1. The molecule has 0 aliphatic carbocycles. The van der Waals surface area contributed by atoms with Gasteiger partial charge in [0, 0.05) is 13.1 Å². The number of aromatic nitrogens is 2. The normalized spacial score (nSPS) is 36.2. The van der Waals surface area contributed by atoms with Gasteiger partial charge in [-0.1, -0.05) is 5.16 Å². The van der Waals surface area contributed by atoms with Crippen LogP contribution in [0.2, 0.25) is 0 Å². The molecule has 0 amide bonds. The van der Waals surface area contributed by atoms with Crippen molar-refractivity contribution in [2.45, 2.75) is 25.7 Å². The maximum atomic E-state index is 5.24. The van der Waals surface area contributed by atoms with Crippen LogP contribution in [-0.4, -0.2) is 34.7 Å². The second-order valence-corrected chi connectivity index (χ2v) is 4.53. The molecule has 2 bridgehead atoms. The molecule has 1 aromatic heterocycles. The van der Waals surface area contributed by atoms with E-state index < -0.39 is 0 Å². The van der Waals surface area contributed by atoms with Gasteiger partial charge in [-0.05, 0) is 32.2 Å². The molecule has 1 aromatic rings. The van der Waals surface area contributed by atoms with Crippen LogP contribution in [0.5, 0.6) is 0 Å². The third-order valence-electron chi connectivity index (χ3n) is 3.36. The van der Waals surface area contributed by atoms with E-state index in [-0.39, 0.29) is 0 Å². The molecule has 0 saturated carbocycles. The number of nitrogens with zero attached hydrogens (tertiary/aromatic N) is 3. The molecular formula is C10H15N3O. The van der Waals surface area contributed by atoms with E-state index in [9.17, 15) is 0 Å². The summed E-state index contributed by atoms with van der Waals surface area (Å²) in [5, 5.41) is 3.86. The lowest BCUT2D eigenvalue weighted by atomic mass is 9.91. The highest BCUT2D eigenvalue weighted by molar-refractivity contribution is 5.00. The molecular weight excluding hydrogens is 178 g/mol. The highest BCUT2D eigenvalue weighted by atomic mass is 16.5. The van der Waals surface area contributed by atoms with E-state index in [0.29, 0.717) is 5.92 Å². The number of rotatable bonds is 1. The first-order valence-electron chi connectivity index (χ1n) is 5.34. The number of hydrogen-bond acceptors (Lipinski definition) is 4. The monoisotopic (exact) mass is 193 g/mol. The van der Waals surface area contributed by atoms with Crippen molar-refractivity contribution in [1.82, 2.24) is 15.0 Å². The predicted octanol–water partition coefficient (Wildman–Crippen LogP) is 1.19. The van der Waals surface area contributed by atoms with Gasteiger partial charge in [0.2, 0.25) is 5.89 Å². The second kappa shape index (κ2) is 3.05. The standard InChI is InChI=1S/C10H15N3O/c1-7-11-10(14-12-7)9-4-8-2-3-13(5-8)6-9/h8-9H,2-6H2,1H3/t8-,9-/m0/s1. The number of fused-ring (bicyclic) bond motifs is 2. The first-order valence-corrected chi connectivity index (χ1v) is 5.34. The Morgan fingerprint density at radius 2 is 2.36 bits per heavy atom. The van der Waals surface area contributed by atoms with E-state index in [1.807, 2.05) is 6.92 Å². The van der Waals surface area contributed by atoms with Crippen molar-refractivity contribution in [2.24, 2.45) is 5.92 Å². The van der Waals surface area contributed by atoms with Crippen molar-refractivity contribution in [3.05, 3.63) is 11.7 Å². The highest BCUT2D eigenvalue weighted by Crippen LogP contribution is 2.35. The number of piperidine rings is 1. The van der Waals surface area contributed by atoms with Gasteiger partial charge in [0.15, 0.2) is 5.82 Å². The summed E-state index contributed by atoms with van der Waals surface area (Å²) < 4.78 is 5.24. The number of aryl methyl sites for hydroxylation is 1. The molecule has 2 aliphatic heterocycles. The molecule has 14 heavy (non-hydrogen) atoms. The molecule has 0 spiro atoms. The van der Waals surface area contributed by atoms with Crippen LogP contribution in [0.3, 0.4) is 0 Å². The van der Waals surface area contributed by atoms with Crippen LogP contribution in [0.4, 0.5) is 0 Å². The Kier molecular flexibility index (Phi) is 1.83. The van der Waals surface area contributed by atoms with Crippen molar-refractivity contribution in [3.63, 3.8) is 0 Å². The van der Waals surface area contributed by atoms with Crippen molar-refractivity contribution in [2.75, 3.05) is 19.6 Å². The van der Waals surface area contributed by atoms with Gasteiger partial charge >= 0.3 is 0 Å². The minimum absolute atomic E-state index is 0.484. The maximum absolute atomic E-state index is 5.24. The summed E-state index contributed by atoms with van der Waals surface area (Å²) in [6.07, 6.45) is 2.59. The molecule has 4 nitrogen and oxygen atoms in total. The lowest BCUT2D eigenvalue weighted by Crippen LogP contribution is -2.32. The van der Waals surface area contributed by atoms with E-state index in [0.717, 1.165) is 24.2 Å². The van der Waals surface area contributed by atoms with Gasteiger partial charge in [-0.2, -0.15) is 4.98 Å². The fraction of sp³-hybridized carbons (Fsp3) is 0.800. The molecule has 0 radical (unpaired) electrons. The minimum atomic E-state index is 0.484. The maximum Gasteiger partial charge on any atom is 0.231 e. The minimum Gasteiger partial charge on any atom is -0.339 e. The molecule has 3 heterocycles. The number of hydrogen-bond donors (Lipinski definition) is 0. The molecule has 1 unspecified atom stereocenters. The van der Waals surface area contributed by atoms with Crippen LogP contribution in [0.15, 0.2) is 4.52 Å². The van der Waals surface area contributed by atoms with E-state index in [2.05, 4.69) is 15.0 Å². The van der Waals surface area contributed by atoms with E-state index in [1.54, 1.807) is 0 Å². The molecule has 2 fully saturated rings. The van der Waals surface area contributed by atoms with Gasteiger partial charge in [-0.3, -0.25) is 0 Å². The molecule has 76 valence electrons. The molecule has 3 rings (SSSR count). The van der Waals surface area contributed by atoms with Crippen LogP contribution in [-0.2, 0) is 0 Å². The molecule has 0 aromatic carbocycles. The summed E-state index contributed by atoms with van der Waals surface area (Å²) in [5.74, 6) is 2.95. The van der Waals surface area contributed by atoms with E-state index in [4.69, 9.17) is 4.52 Å². The summed E-state index contributed by atoms with van der Waals surface area (Å²) in [5.41, 5.74) is 0. The van der Waals surface area contributed by atoms with Crippen molar-refractivity contribution in [1.29, 1.82) is 0 Å². The lowest BCUT2D eigenvalue weighted by molar-refractivity contribution is 0.213. The van der Waals surface area contributed by atoms with E-state index >= 15 is 0 Å². The van der Waals surface area contributed by atoms with Crippen LogP contribution in [0.25, 0.3) is 0 Å². The Balaban J connectivity index is 1.80. The summed E-state index contributed by atoms with van der Waals surface area (Å²) in [6.45, 7) is 5.53. The Labute approximate surface area is 83.3 Å². The first-order chi connectivity index (χ1) is 6.81. The average Bonchev–Trinajstić information content (AvgIpc) is 2.73. The summed E-state index contributed by atoms with van der Waals surface area (Å²) in [6, 6.07) is 0. The van der Waals surface area contributed by atoms with Crippen molar-refractivity contribution >= 4 is 0 Å². The Hall–Kier alpha value is -0.900. The average molecular weight is 193 g/mol. The van der Waals surface area contributed by atoms with Crippen molar-refractivity contribution < 1.29 is 4.52 Å². The summed E-state index contributed by atoms with van der Waals surface area (Å²) in [7, 11) is 0. The zero-order valence-electron chi connectivity index (χ0n) is 8.44.